The Balaban J connectivity index is 1.25. The van der Waals surface area contributed by atoms with E-state index in [4.69, 9.17) is 9.40 Å². The van der Waals surface area contributed by atoms with Crippen molar-refractivity contribution in [3.8, 4) is 0 Å². The van der Waals surface area contributed by atoms with Gasteiger partial charge >= 0.3 is 0 Å². The third-order valence-corrected chi connectivity index (χ3v) is 11.0. The van der Waals surface area contributed by atoms with E-state index in [9.17, 15) is 13.2 Å². The number of hydrogen-bond donors (Lipinski definition) is 2. The number of hydrogen-bond acceptors (Lipinski definition) is 7. The SMILES string of the molecule is CS(=O)(=O)C12CC3CC(C1)C(NC(=O)c1cnc(Nc4ccoc4)nc1C1CCCC1)C(C3)C2. The Hall–Kier alpha value is -2.42. The molecule has 0 aliphatic heterocycles. The summed E-state index contributed by atoms with van der Waals surface area (Å²) in [5, 5.41) is 6.48. The summed E-state index contributed by atoms with van der Waals surface area (Å²) >= 11 is 0. The zero-order valence-electron chi connectivity index (χ0n) is 19.5. The molecule has 0 spiro atoms. The van der Waals surface area contributed by atoms with Gasteiger partial charge in [-0.3, -0.25) is 4.79 Å². The number of furan rings is 1. The molecule has 4 bridgehead atoms. The number of anilines is 2. The maximum absolute atomic E-state index is 13.6. The second-order valence-corrected chi connectivity index (χ2v) is 13.4. The van der Waals surface area contributed by atoms with Crippen LogP contribution < -0.4 is 10.6 Å². The van der Waals surface area contributed by atoms with E-state index in [0.717, 1.165) is 56.3 Å². The van der Waals surface area contributed by atoms with Crippen LogP contribution in [-0.2, 0) is 9.84 Å². The number of nitrogens with zero attached hydrogens (tertiary/aromatic N) is 2. The van der Waals surface area contributed by atoms with Crippen LogP contribution in [0.1, 0.15) is 79.8 Å². The fourth-order valence-electron chi connectivity index (χ4n) is 7.47. The molecule has 2 heterocycles. The molecule has 1 amide bonds. The minimum absolute atomic E-state index is 0.0269. The lowest BCUT2D eigenvalue weighted by atomic mass is 9.53. The topological polar surface area (TPSA) is 114 Å². The van der Waals surface area contributed by atoms with Crippen molar-refractivity contribution in [2.75, 3.05) is 11.6 Å². The highest BCUT2D eigenvalue weighted by Gasteiger charge is 2.59. The zero-order valence-corrected chi connectivity index (χ0v) is 20.3. The fraction of sp³-hybridized carbons (Fsp3) is 0.640. The van der Waals surface area contributed by atoms with Gasteiger partial charge in [0.15, 0.2) is 9.84 Å². The van der Waals surface area contributed by atoms with Crippen molar-refractivity contribution in [1.29, 1.82) is 0 Å². The molecule has 2 N–H and O–H groups in total. The molecule has 2 aromatic rings. The normalized spacial score (nSPS) is 32.7. The molecule has 0 radical (unpaired) electrons. The molecule has 182 valence electrons. The third kappa shape index (κ3) is 3.72. The number of amides is 1. The molecule has 9 heteroatoms. The maximum Gasteiger partial charge on any atom is 0.254 e. The van der Waals surface area contributed by atoms with E-state index in [1.807, 2.05) is 0 Å². The summed E-state index contributed by atoms with van der Waals surface area (Å²) in [4.78, 5) is 22.8. The smallest absolute Gasteiger partial charge is 0.254 e. The quantitative estimate of drug-likeness (QED) is 0.632. The lowest BCUT2D eigenvalue weighted by Gasteiger charge is -2.59. The van der Waals surface area contributed by atoms with Crippen molar-refractivity contribution in [3.63, 3.8) is 0 Å². The Kier molecular flexibility index (Phi) is 5.24. The van der Waals surface area contributed by atoms with E-state index >= 15 is 0 Å². The molecular formula is C25H32N4O4S. The van der Waals surface area contributed by atoms with Crippen LogP contribution >= 0.6 is 0 Å². The minimum atomic E-state index is -3.12. The van der Waals surface area contributed by atoms with Crippen molar-refractivity contribution in [3.05, 3.63) is 36.0 Å². The molecule has 7 rings (SSSR count). The van der Waals surface area contributed by atoms with Gasteiger partial charge in [0, 0.05) is 24.4 Å². The van der Waals surface area contributed by atoms with Crippen molar-refractivity contribution < 1.29 is 17.6 Å². The molecule has 2 aromatic heterocycles. The average Bonchev–Trinajstić information content (AvgIpc) is 3.49. The molecule has 2 atom stereocenters. The van der Waals surface area contributed by atoms with Crippen LogP contribution in [0.5, 0.6) is 0 Å². The van der Waals surface area contributed by atoms with E-state index < -0.39 is 14.6 Å². The van der Waals surface area contributed by atoms with Gasteiger partial charge in [0.2, 0.25) is 5.95 Å². The first-order valence-corrected chi connectivity index (χ1v) is 14.4. The molecule has 0 aromatic carbocycles. The van der Waals surface area contributed by atoms with Gasteiger partial charge in [-0.25, -0.2) is 18.4 Å². The van der Waals surface area contributed by atoms with E-state index in [0.29, 0.717) is 30.3 Å². The van der Waals surface area contributed by atoms with Gasteiger partial charge in [0.25, 0.3) is 5.91 Å². The highest BCUT2D eigenvalue weighted by atomic mass is 32.2. The number of sulfone groups is 1. The average molecular weight is 485 g/mol. The number of nitrogens with one attached hydrogen (secondary N) is 2. The molecule has 5 aliphatic carbocycles. The standard InChI is InChI=1S/C25H32N4O4S/c1-34(31,32)25-10-15-8-17(11-25)21(18(9-15)12-25)28-23(30)20-13-26-24(27-19-6-7-33-14-19)29-22(20)16-4-2-3-5-16/h6-7,13-18,21H,2-5,8-12H2,1H3,(H,28,30)(H,26,27,29). The van der Waals surface area contributed by atoms with Crippen molar-refractivity contribution in [2.45, 2.75) is 74.5 Å². The second kappa shape index (κ2) is 8.07. The number of rotatable bonds is 6. The molecule has 5 saturated carbocycles. The first-order chi connectivity index (χ1) is 16.3. The van der Waals surface area contributed by atoms with Gasteiger partial charge in [0.05, 0.1) is 28.0 Å². The minimum Gasteiger partial charge on any atom is -0.470 e. The van der Waals surface area contributed by atoms with E-state index in [-0.39, 0.29) is 29.7 Å². The highest BCUT2D eigenvalue weighted by Crippen LogP contribution is 2.58. The van der Waals surface area contributed by atoms with Gasteiger partial charge in [-0.1, -0.05) is 12.8 Å². The van der Waals surface area contributed by atoms with E-state index in [1.54, 1.807) is 24.8 Å². The van der Waals surface area contributed by atoms with E-state index in [2.05, 4.69) is 15.6 Å². The molecule has 5 aliphatic rings. The summed E-state index contributed by atoms with van der Waals surface area (Å²) < 4.78 is 29.9. The van der Waals surface area contributed by atoms with Crippen LogP contribution in [0.4, 0.5) is 11.6 Å². The Labute approximate surface area is 200 Å². The predicted molar refractivity (Wildman–Crippen MR) is 128 cm³/mol. The Bertz CT molecular complexity index is 1170. The molecule has 2 unspecified atom stereocenters. The summed E-state index contributed by atoms with van der Waals surface area (Å²) in [5.74, 6) is 1.50. The zero-order chi connectivity index (χ0) is 23.5. The number of carbonyl (C=O) groups is 1. The van der Waals surface area contributed by atoms with Crippen LogP contribution in [0.15, 0.2) is 29.2 Å². The van der Waals surface area contributed by atoms with Gasteiger partial charge in [-0.2, -0.15) is 0 Å². The van der Waals surface area contributed by atoms with Crippen molar-refractivity contribution in [1.82, 2.24) is 15.3 Å². The van der Waals surface area contributed by atoms with Gasteiger partial charge < -0.3 is 15.1 Å². The summed E-state index contributed by atoms with van der Waals surface area (Å²) in [6.45, 7) is 0. The Morgan fingerprint density at radius 3 is 2.53 bits per heavy atom. The lowest BCUT2D eigenvalue weighted by molar-refractivity contribution is 0.000240. The van der Waals surface area contributed by atoms with Crippen LogP contribution in [-0.4, -0.2) is 41.3 Å². The number of aromatic nitrogens is 2. The molecule has 34 heavy (non-hydrogen) atoms. The summed E-state index contributed by atoms with van der Waals surface area (Å²) in [7, 11) is -3.12. The van der Waals surface area contributed by atoms with E-state index in [1.165, 1.54) is 6.26 Å². The van der Waals surface area contributed by atoms with Crippen molar-refractivity contribution in [2.24, 2.45) is 17.8 Å². The fourth-order valence-corrected chi connectivity index (χ4v) is 9.05. The highest BCUT2D eigenvalue weighted by molar-refractivity contribution is 7.92. The Morgan fingerprint density at radius 1 is 1.15 bits per heavy atom. The Morgan fingerprint density at radius 2 is 1.88 bits per heavy atom. The first-order valence-electron chi connectivity index (χ1n) is 12.5. The van der Waals surface area contributed by atoms with Crippen LogP contribution in [0.3, 0.4) is 0 Å². The molecule has 8 nitrogen and oxygen atoms in total. The van der Waals surface area contributed by atoms with Crippen LogP contribution in [0.2, 0.25) is 0 Å². The largest absolute Gasteiger partial charge is 0.470 e. The first kappa shape index (κ1) is 22.1. The monoisotopic (exact) mass is 484 g/mol. The van der Waals surface area contributed by atoms with Crippen molar-refractivity contribution >= 4 is 27.4 Å². The summed E-state index contributed by atoms with van der Waals surface area (Å²) in [6.07, 6.45) is 14.7. The van der Waals surface area contributed by atoms with Crippen LogP contribution in [0.25, 0.3) is 0 Å². The third-order valence-electron chi connectivity index (χ3n) is 8.88. The summed E-state index contributed by atoms with van der Waals surface area (Å²) in [5.41, 5.74) is 2.13. The predicted octanol–water partition coefficient (Wildman–Crippen LogP) is 4.19. The van der Waals surface area contributed by atoms with Gasteiger partial charge in [-0.15, -0.1) is 0 Å². The maximum atomic E-state index is 13.6. The summed E-state index contributed by atoms with van der Waals surface area (Å²) in [6, 6.07) is 1.83. The van der Waals surface area contributed by atoms with Gasteiger partial charge in [-0.05, 0) is 68.8 Å². The molecule has 0 saturated heterocycles. The second-order valence-electron chi connectivity index (χ2n) is 11.0. The lowest BCUT2D eigenvalue weighted by Crippen LogP contribution is -2.63. The molecular weight excluding hydrogens is 452 g/mol. The number of carbonyl (C=O) groups excluding carboxylic acids is 1. The van der Waals surface area contributed by atoms with Gasteiger partial charge in [0.1, 0.15) is 6.26 Å². The molecule has 5 fully saturated rings. The van der Waals surface area contributed by atoms with Crippen LogP contribution in [0, 0.1) is 17.8 Å².